The van der Waals surface area contributed by atoms with Crippen molar-refractivity contribution in [1.82, 2.24) is 0 Å². The number of carbonyl (C=O) groups excluding carboxylic acids is 1. The Hall–Kier alpha value is -2.44. The van der Waals surface area contributed by atoms with Gasteiger partial charge in [-0.1, -0.05) is 71.1 Å². The maximum absolute atomic E-state index is 14.8. The van der Waals surface area contributed by atoms with Gasteiger partial charge < -0.3 is 4.74 Å². The average Bonchev–Trinajstić information content (AvgIpc) is 2.90. The molecule has 2 nitrogen and oxygen atoms in total. The van der Waals surface area contributed by atoms with Gasteiger partial charge >= 0.3 is 5.97 Å². The Balaban J connectivity index is 1.23. The molecule has 7 heteroatoms. The quantitative estimate of drug-likeness (QED) is 0.0967. The fourth-order valence-electron chi connectivity index (χ4n) is 6.64. The standard InChI is InChI=1S/C32H39F5O2/c1-2-5-20-8-10-21(11-9-20)6-3-4-7-22-12-14-23(15-13-22)24-16-26(33)30(27(34)17-24)32(38)39-25-18-28(35)31(37)29(36)19-25/h16-23H,2-15H2,1H3/t20-,21-,22-,23-. The molecule has 214 valence electrons. The molecule has 4 rings (SSSR count). The summed E-state index contributed by atoms with van der Waals surface area (Å²) in [5, 5.41) is 0. The summed E-state index contributed by atoms with van der Waals surface area (Å²) < 4.78 is 74.2. The number of unbranched alkanes of at least 4 members (excludes halogenated alkanes) is 1. The van der Waals surface area contributed by atoms with E-state index in [1.807, 2.05) is 0 Å². The van der Waals surface area contributed by atoms with Gasteiger partial charge in [-0.25, -0.2) is 26.7 Å². The second kappa shape index (κ2) is 13.8. The molecule has 2 aliphatic rings. The van der Waals surface area contributed by atoms with Gasteiger partial charge in [-0.2, -0.15) is 0 Å². The van der Waals surface area contributed by atoms with E-state index in [4.69, 9.17) is 4.74 Å². The Bertz CT molecular complexity index is 1070. The Morgan fingerprint density at radius 1 is 0.692 bits per heavy atom. The summed E-state index contributed by atoms with van der Waals surface area (Å²) in [4.78, 5) is 12.3. The van der Waals surface area contributed by atoms with E-state index < -0.39 is 46.4 Å². The zero-order valence-electron chi connectivity index (χ0n) is 22.7. The summed E-state index contributed by atoms with van der Waals surface area (Å²) in [6, 6.07) is 3.17. The number of ether oxygens (including phenoxy) is 1. The van der Waals surface area contributed by atoms with Crippen molar-refractivity contribution in [1.29, 1.82) is 0 Å². The second-order valence-corrected chi connectivity index (χ2v) is 11.6. The molecule has 2 aromatic rings. The molecule has 0 heterocycles. The van der Waals surface area contributed by atoms with Crippen LogP contribution in [0.15, 0.2) is 24.3 Å². The minimum Gasteiger partial charge on any atom is -0.423 e. The van der Waals surface area contributed by atoms with Crippen molar-refractivity contribution in [2.24, 2.45) is 17.8 Å². The van der Waals surface area contributed by atoms with E-state index in [0.717, 1.165) is 49.7 Å². The lowest BCUT2D eigenvalue weighted by molar-refractivity contribution is 0.0723. The minimum absolute atomic E-state index is 0.00826. The van der Waals surface area contributed by atoms with Crippen molar-refractivity contribution in [2.75, 3.05) is 0 Å². The van der Waals surface area contributed by atoms with Gasteiger partial charge in [-0.05, 0) is 67.1 Å². The predicted octanol–water partition coefficient (Wildman–Crippen LogP) is 10.0. The van der Waals surface area contributed by atoms with E-state index in [1.54, 1.807) is 0 Å². The normalized spacial score (nSPS) is 23.5. The molecule has 2 aliphatic carbocycles. The lowest BCUT2D eigenvalue weighted by atomic mass is 9.76. The van der Waals surface area contributed by atoms with E-state index in [9.17, 15) is 26.7 Å². The number of hydrogen-bond acceptors (Lipinski definition) is 2. The highest BCUT2D eigenvalue weighted by molar-refractivity contribution is 5.91. The van der Waals surface area contributed by atoms with Crippen LogP contribution in [0.4, 0.5) is 22.0 Å². The van der Waals surface area contributed by atoms with Crippen LogP contribution in [-0.2, 0) is 0 Å². The van der Waals surface area contributed by atoms with E-state index >= 15 is 0 Å². The van der Waals surface area contributed by atoms with Crippen molar-refractivity contribution < 1.29 is 31.5 Å². The van der Waals surface area contributed by atoms with Gasteiger partial charge in [-0.3, -0.25) is 0 Å². The highest BCUT2D eigenvalue weighted by atomic mass is 19.2. The highest BCUT2D eigenvalue weighted by Crippen LogP contribution is 2.39. The molecule has 0 unspecified atom stereocenters. The number of rotatable bonds is 10. The van der Waals surface area contributed by atoms with Crippen LogP contribution in [-0.4, -0.2) is 5.97 Å². The molecular formula is C32H39F5O2. The third-order valence-corrected chi connectivity index (χ3v) is 8.89. The molecule has 0 N–H and O–H groups in total. The molecule has 0 bridgehead atoms. The fourth-order valence-corrected chi connectivity index (χ4v) is 6.64. The number of benzene rings is 2. The number of esters is 1. The summed E-state index contributed by atoms with van der Waals surface area (Å²) in [7, 11) is 0. The van der Waals surface area contributed by atoms with E-state index in [-0.39, 0.29) is 5.92 Å². The smallest absolute Gasteiger partial charge is 0.349 e. The molecule has 2 fully saturated rings. The van der Waals surface area contributed by atoms with Crippen molar-refractivity contribution in [3.05, 3.63) is 64.5 Å². The predicted molar refractivity (Wildman–Crippen MR) is 141 cm³/mol. The maximum Gasteiger partial charge on any atom is 0.349 e. The molecule has 0 amide bonds. The first-order chi connectivity index (χ1) is 18.7. The summed E-state index contributed by atoms with van der Waals surface area (Å²) in [5.74, 6) is -6.70. The third-order valence-electron chi connectivity index (χ3n) is 8.89. The van der Waals surface area contributed by atoms with Crippen LogP contribution < -0.4 is 4.74 Å². The van der Waals surface area contributed by atoms with Crippen LogP contribution in [0.2, 0.25) is 0 Å². The van der Waals surface area contributed by atoms with Crippen molar-refractivity contribution in [2.45, 2.75) is 103 Å². The molecule has 0 aliphatic heterocycles. The van der Waals surface area contributed by atoms with Crippen molar-refractivity contribution in [3.8, 4) is 5.75 Å². The Morgan fingerprint density at radius 3 is 1.64 bits per heavy atom. The topological polar surface area (TPSA) is 26.3 Å². The van der Waals surface area contributed by atoms with Crippen LogP contribution >= 0.6 is 0 Å². The average molecular weight is 551 g/mol. The molecule has 2 saturated carbocycles. The molecule has 0 saturated heterocycles. The van der Waals surface area contributed by atoms with Crippen LogP contribution in [0.25, 0.3) is 0 Å². The zero-order valence-corrected chi connectivity index (χ0v) is 22.7. The monoisotopic (exact) mass is 550 g/mol. The second-order valence-electron chi connectivity index (χ2n) is 11.6. The first kappa shape index (κ1) is 29.5. The molecule has 39 heavy (non-hydrogen) atoms. The third kappa shape index (κ3) is 7.82. The molecule has 0 radical (unpaired) electrons. The van der Waals surface area contributed by atoms with E-state index in [1.165, 1.54) is 64.2 Å². The summed E-state index contributed by atoms with van der Waals surface area (Å²) in [6.45, 7) is 2.28. The molecule has 0 atom stereocenters. The largest absolute Gasteiger partial charge is 0.423 e. The van der Waals surface area contributed by atoms with E-state index in [0.29, 0.717) is 23.6 Å². The van der Waals surface area contributed by atoms with Crippen molar-refractivity contribution in [3.63, 3.8) is 0 Å². The molecular weight excluding hydrogens is 511 g/mol. The first-order valence-electron chi connectivity index (χ1n) is 14.6. The Labute approximate surface area is 228 Å². The zero-order chi connectivity index (χ0) is 27.9. The number of halogens is 5. The minimum atomic E-state index is -1.73. The van der Waals surface area contributed by atoms with Gasteiger partial charge in [-0.15, -0.1) is 0 Å². The summed E-state index contributed by atoms with van der Waals surface area (Å²) >= 11 is 0. The van der Waals surface area contributed by atoms with Crippen LogP contribution in [0.1, 0.15) is 119 Å². The fraction of sp³-hybridized carbons (Fsp3) is 0.594. The van der Waals surface area contributed by atoms with Gasteiger partial charge in [0.25, 0.3) is 0 Å². The molecule has 2 aromatic carbocycles. The van der Waals surface area contributed by atoms with Crippen LogP contribution in [0, 0.1) is 46.8 Å². The summed E-state index contributed by atoms with van der Waals surface area (Å²) in [5.41, 5.74) is -0.450. The van der Waals surface area contributed by atoms with Gasteiger partial charge in [0.05, 0.1) is 0 Å². The van der Waals surface area contributed by atoms with Gasteiger partial charge in [0.15, 0.2) is 17.5 Å². The van der Waals surface area contributed by atoms with Gasteiger partial charge in [0.2, 0.25) is 0 Å². The summed E-state index contributed by atoms with van der Waals surface area (Å²) in [6.07, 6.45) is 17.0. The molecule has 0 aromatic heterocycles. The molecule has 0 spiro atoms. The van der Waals surface area contributed by atoms with Crippen LogP contribution in [0.5, 0.6) is 5.75 Å². The lowest BCUT2D eigenvalue weighted by Crippen LogP contribution is -2.17. The van der Waals surface area contributed by atoms with Crippen molar-refractivity contribution >= 4 is 5.97 Å². The lowest BCUT2D eigenvalue weighted by Gasteiger charge is -2.30. The van der Waals surface area contributed by atoms with Gasteiger partial charge in [0, 0.05) is 12.1 Å². The van der Waals surface area contributed by atoms with Gasteiger partial charge in [0.1, 0.15) is 22.9 Å². The number of hydrogen-bond donors (Lipinski definition) is 0. The Kier molecular flexibility index (Phi) is 10.4. The number of carbonyl (C=O) groups is 1. The van der Waals surface area contributed by atoms with Crippen LogP contribution in [0.3, 0.4) is 0 Å². The Morgan fingerprint density at radius 2 is 1.15 bits per heavy atom. The maximum atomic E-state index is 14.8. The van der Waals surface area contributed by atoms with E-state index in [2.05, 4.69) is 6.92 Å². The first-order valence-corrected chi connectivity index (χ1v) is 14.6. The highest BCUT2D eigenvalue weighted by Gasteiger charge is 2.27. The SMILES string of the molecule is CCC[C@H]1CC[C@H](CCCC[C@H]2CC[C@H](c3cc(F)c(C(=O)Oc4cc(F)c(F)c(F)c4)c(F)c3)CC2)CC1.